The number of nitrogens with zero attached hydrogens (tertiary/aromatic N) is 7. The van der Waals surface area contributed by atoms with Crippen molar-refractivity contribution in [2.24, 2.45) is 0 Å². The summed E-state index contributed by atoms with van der Waals surface area (Å²) in [6, 6.07) is 0.662. The summed E-state index contributed by atoms with van der Waals surface area (Å²) in [5.41, 5.74) is -4.61. The van der Waals surface area contributed by atoms with Crippen LogP contribution in [0.25, 0.3) is 5.69 Å². The minimum absolute atomic E-state index is 0.151. The van der Waals surface area contributed by atoms with Crippen LogP contribution in [0.15, 0.2) is 18.3 Å². The highest BCUT2D eigenvalue weighted by molar-refractivity contribution is 5.71. The van der Waals surface area contributed by atoms with Crippen LogP contribution in [0, 0.1) is 50.6 Å². The molecule has 0 N–H and O–H groups in total. The molecule has 1 heterocycles. The summed E-state index contributed by atoms with van der Waals surface area (Å²) in [6.07, 6.45) is 0.360. The van der Waals surface area contributed by atoms with Gasteiger partial charge in [-0.15, -0.1) is 0 Å². The van der Waals surface area contributed by atoms with Crippen LogP contribution in [-0.4, -0.2) is 34.2 Å². The number of non-ortho nitro benzene ring substituents is 1. The van der Waals surface area contributed by atoms with E-state index in [4.69, 9.17) is 0 Å². The molecule has 26 heavy (non-hydrogen) atoms. The van der Waals surface area contributed by atoms with Crippen molar-refractivity contribution in [1.82, 2.24) is 9.55 Å². The normalized spacial score (nSPS) is 10.3. The third-order valence-corrected chi connectivity index (χ3v) is 2.92. The van der Waals surface area contributed by atoms with Crippen LogP contribution in [-0.2, 0) is 0 Å². The van der Waals surface area contributed by atoms with Crippen LogP contribution in [0.1, 0.15) is 0 Å². The Balaban J connectivity index is 2.99. The fraction of sp³-hybridized carbons (Fsp3) is 0. The molecule has 1 aromatic heterocycles. The SMILES string of the molecule is O=[N+]([O-])c1cc([N+](=O)[O-])c(-n2cc([N+](=O)[O-])nc2[N+](=O)[O-])c([N+](=O)[O-])c1. The van der Waals surface area contributed by atoms with Crippen molar-refractivity contribution in [2.45, 2.75) is 0 Å². The highest BCUT2D eigenvalue weighted by atomic mass is 16.6. The highest BCUT2D eigenvalue weighted by Crippen LogP contribution is 2.39. The van der Waals surface area contributed by atoms with Crippen molar-refractivity contribution in [1.29, 1.82) is 0 Å². The van der Waals surface area contributed by atoms with E-state index in [1.165, 1.54) is 0 Å². The molecule has 0 fully saturated rings. The molecule has 0 amide bonds. The second kappa shape index (κ2) is 6.14. The van der Waals surface area contributed by atoms with Gasteiger partial charge in [-0.1, -0.05) is 0 Å². The topological polar surface area (TPSA) is 234 Å². The van der Waals surface area contributed by atoms with Gasteiger partial charge in [0.05, 0.1) is 26.9 Å². The van der Waals surface area contributed by atoms with Crippen LogP contribution in [0.2, 0.25) is 0 Å². The van der Waals surface area contributed by atoms with E-state index in [-0.39, 0.29) is 4.57 Å². The van der Waals surface area contributed by atoms with Gasteiger partial charge in [-0.3, -0.25) is 30.3 Å². The van der Waals surface area contributed by atoms with Gasteiger partial charge in [0.15, 0.2) is 6.20 Å². The molecule has 0 atom stereocenters. The Bertz CT molecular complexity index is 960. The van der Waals surface area contributed by atoms with Gasteiger partial charge in [0, 0.05) is 0 Å². The average Bonchev–Trinajstić information content (AvgIpc) is 2.98. The molecule has 0 bridgehead atoms. The van der Waals surface area contributed by atoms with Gasteiger partial charge in [0.1, 0.15) is 0 Å². The van der Waals surface area contributed by atoms with E-state index in [1.807, 2.05) is 0 Å². The lowest BCUT2D eigenvalue weighted by atomic mass is 10.2. The monoisotopic (exact) mass is 369 g/mol. The summed E-state index contributed by atoms with van der Waals surface area (Å²) in [6.45, 7) is 0. The molecule has 17 nitrogen and oxygen atoms in total. The van der Waals surface area contributed by atoms with Crippen molar-refractivity contribution in [3.8, 4) is 5.69 Å². The van der Waals surface area contributed by atoms with E-state index in [2.05, 4.69) is 4.98 Å². The lowest BCUT2D eigenvalue weighted by Gasteiger charge is -2.03. The molecular formula is C9H3N7O10. The van der Waals surface area contributed by atoms with Crippen LogP contribution in [0.3, 0.4) is 0 Å². The maximum absolute atomic E-state index is 11.2. The quantitative estimate of drug-likeness (QED) is 0.521. The zero-order valence-corrected chi connectivity index (χ0v) is 11.9. The molecule has 2 rings (SSSR count). The van der Waals surface area contributed by atoms with E-state index in [0.717, 1.165) is 0 Å². The Labute approximate surface area is 138 Å². The Kier molecular flexibility index (Phi) is 4.20. The second-order valence-electron chi connectivity index (χ2n) is 4.39. The molecule has 1 aromatic carbocycles. The third kappa shape index (κ3) is 2.93. The summed E-state index contributed by atoms with van der Waals surface area (Å²) >= 11 is 0. The molecule has 0 spiro atoms. The van der Waals surface area contributed by atoms with Crippen molar-refractivity contribution in [3.05, 3.63) is 68.9 Å². The number of imidazole rings is 1. The number of aromatic nitrogens is 2. The van der Waals surface area contributed by atoms with E-state index in [9.17, 15) is 50.6 Å². The Morgan fingerprint density at radius 2 is 1.23 bits per heavy atom. The molecule has 134 valence electrons. The minimum Gasteiger partial charge on any atom is -0.390 e. The predicted molar refractivity (Wildman–Crippen MR) is 76.8 cm³/mol. The Morgan fingerprint density at radius 3 is 1.58 bits per heavy atom. The lowest BCUT2D eigenvalue weighted by molar-refractivity contribution is -0.406. The Morgan fingerprint density at radius 1 is 0.731 bits per heavy atom. The first-order valence-electron chi connectivity index (χ1n) is 6.04. The minimum atomic E-state index is -1.32. The highest BCUT2D eigenvalue weighted by Gasteiger charge is 2.38. The van der Waals surface area contributed by atoms with Crippen molar-refractivity contribution in [3.63, 3.8) is 0 Å². The second-order valence-corrected chi connectivity index (χ2v) is 4.39. The van der Waals surface area contributed by atoms with Crippen molar-refractivity contribution >= 4 is 28.8 Å². The van der Waals surface area contributed by atoms with Gasteiger partial charge < -0.3 is 20.2 Å². The molecule has 0 aliphatic rings. The first kappa shape index (κ1) is 17.8. The third-order valence-electron chi connectivity index (χ3n) is 2.92. The summed E-state index contributed by atoms with van der Waals surface area (Å²) in [4.78, 5) is 51.9. The van der Waals surface area contributed by atoms with Gasteiger partial charge in [-0.25, -0.2) is 0 Å². The molecule has 0 unspecified atom stereocenters. The molecule has 0 radical (unpaired) electrons. The maximum Gasteiger partial charge on any atom is 0.444 e. The summed E-state index contributed by atoms with van der Waals surface area (Å²) < 4.78 is 0.151. The smallest absolute Gasteiger partial charge is 0.390 e. The number of hydrogen-bond donors (Lipinski definition) is 0. The zero-order chi connectivity index (χ0) is 19.8. The van der Waals surface area contributed by atoms with E-state index >= 15 is 0 Å². The molecule has 17 heteroatoms. The standard InChI is InChI=1S/C9H3N7O10/c17-12(18)4-1-5(13(19)20)8(6(2-4)14(21)22)11-3-7(15(23)24)10-9(11)16(25)26/h1-3H. The number of nitro benzene ring substituents is 3. The van der Waals surface area contributed by atoms with Gasteiger partial charge in [-0.05, 0) is 14.8 Å². The van der Waals surface area contributed by atoms with Crippen molar-refractivity contribution in [2.75, 3.05) is 0 Å². The molecule has 2 aromatic rings. The van der Waals surface area contributed by atoms with Crippen LogP contribution in [0.4, 0.5) is 28.8 Å². The van der Waals surface area contributed by atoms with Crippen molar-refractivity contribution < 1.29 is 24.6 Å². The summed E-state index contributed by atoms with van der Waals surface area (Å²) in [7, 11) is 0. The van der Waals surface area contributed by atoms with E-state index in [1.54, 1.807) is 0 Å². The van der Waals surface area contributed by atoms with Gasteiger partial charge in [0.25, 0.3) is 11.4 Å². The molecule has 0 saturated carbocycles. The average molecular weight is 369 g/mol. The fourth-order valence-electron chi connectivity index (χ4n) is 1.96. The Hall–Kier alpha value is -4.57. The fourth-order valence-corrected chi connectivity index (χ4v) is 1.96. The zero-order valence-electron chi connectivity index (χ0n) is 11.9. The number of rotatable bonds is 6. The van der Waals surface area contributed by atoms with E-state index < -0.39 is 59.1 Å². The summed E-state index contributed by atoms with van der Waals surface area (Å²) in [5.74, 6) is -2.43. The van der Waals surface area contributed by atoms with Crippen LogP contribution >= 0.6 is 0 Å². The van der Waals surface area contributed by atoms with E-state index in [0.29, 0.717) is 18.3 Å². The summed E-state index contributed by atoms with van der Waals surface area (Å²) in [5, 5.41) is 55.0. The molecule has 0 aliphatic heterocycles. The molecule has 0 aliphatic carbocycles. The molecule has 0 saturated heterocycles. The number of hydrogen-bond acceptors (Lipinski definition) is 11. The van der Waals surface area contributed by atoms with Gasteiger partial charge in [-0.2, -0.15) is 4.57 Å². The lowest BCUT2D eigenvalue weighted by Crippen LogP contribution is -2.08. The van der Waals surface area contributed by atoms with Crippen LogP contribution < -0.4 is 0 Å². The molecular weight excluding hydrogens is 366 g/mol. The number of nitro groups is 5. The largest absolute Gasteiger partial charge is 0.444 e. The van der Waals surface area contributed by atoms with Crippen LogP contribution in [0.5, 0.6) is 0 Å². The number of benzene rings is 1. The maximum atomic E-state index is 11.2. The first-order chi connectivity index (χ1) is 12.0. The first-order valence-corrected chi connectivity index (χ1v) is 6.04. The van der Waals surface area contributed by atoms with Gasteiger partial charge >= 0.3 is 23.1 Å². The predicted octanol–water partition coefficient (Wildman–Crippen LogP) is 1.41. The van der Waals surface area contributed by atoms with Gasteiger partial charge in [0.2, 0.25) is 0 Å².